The molecular formula is C17H16O5. The lowest BCUT2D eigenvalue weighted by molar-refractivity contribution is -0.132. The number of rotatable bonds is 5. The molecule has 0 atom stereocenters. The molecule has 0 aliphatic carbocycles. The van der Waals surface area contributed by atoms with Crippen molar-refractivity contribution in [2.45, 2.75) is 6.92 Å². The number of ketones is 1. The van der Waals surface area contributed by atoms with Gasteiger partial charge in [-0.05, 0) is 12.1 Å². The zero-order valence-corrected chi connectivity index (χ0v) is 12.6. The maximum Gasteiger partial charge on any atom is 0.308 e. The zero-order valence-electron chi connectivity index (χ0n) is 12.6. The number of carbonyl (C=O) groups is 2. The van der Waals surface area contributed by atoms with E-state index in [9.17, 15) is 9.59 Å². The van der Waals surface area contributed by atoms with Gasteiger partial charge in [0.1, 0.15) is 0 Å². The van der Waals surface area contributed by atoms with Crippen molar-refractivity contribution in [1.29, 1.82) is 0 Å². The fourth-order valence-corrected chi connectivity index (χ4v) is 2.07. The average Bonchev–Trinajstić information content (AvgIpc) is 2.54. The first kappa shape index (κ1) is 15.6. The number of hydrogen-bond donors (Lipinski definition) is 0. The first-order valence-corrected chi connectivity index (χ1v) is 6.61. The molecule has 0 bridgehead atoms. The molecular weight excluding hydrogens is 284 g/mol. The van der Waals surface area contributed by atoms with Gasteiger partial charge in [-0.1, -0.05) is 30.3 Å². The van der Waals surface area contributed by atoms with E-state index in [1.165, 1.54) is 21.1 Å². The van der Waals surface area contributed by atoms with Crippen LogP contribution in [-0.2, 0) is 4.79 Å². The van der Waals surface area contributed by atoms with Crippen molar-refractivity contribution in [3.8, 4) is 17.2 Å². The van der Waals surface area contributed by atoms with Crippen LogP contribution in [-0.4, -0.2) is 26.0 Å². The predicted octanol–water partition coefficient (Wildman–Crippen LogP) is 2.86. The van der Waals surface area contributed by atoms with E-state index < -0.39 is 5.97 Å². The number of esters is 1. The van der Waals surface area contributed by atoms with Crippen LogP contribution in [0.4, 0.5) is 0 Å². The van der Waals surface area contributed by atoms with E-state index in [-0.39, 0.29) is 22.8 Å². The molecule has 0 heterocycles. The number of methoxy groups -OCH3 is 2. The molecule has 0 radical (unpaired) electrons. The maximum atomic E-state index is 12.6. The lowest BCUT2D eigenvalue weighted by Crippen LogP contribution is -2.10. The second kappa shape index (κ2) is 6.76. The van der Waals surface area contributed by atoms with Crippen molar-refractivity contribution in [3.05, 3.63) is 53.6 Å². The highest BCUT2D eigenvalue weighted by atomic mass is 16.6. The van der Waals surface area contributed by atoms with Gasteiger partial charge in [-0.25, -0.2) is 0 Å². The second-order valence-corrected chi connectivity index (χ2v) is 4.47. The highest BCUT2D eigenvalue weighted by Gasteiger charge is 2.23. The molecule has 0 saturated carbocycles. The van der Waals surface area contributed by atoms with Crippen molar-refractivity contribution >= 4 is 11.8 Å². The van der Waals surface area contributed by atoms with Gasteiger partial charge in [0.15, 0.2) is 17.3 Å². The summed E-state index contributed by atoms with van der Waals surface area (Å²) in [5.41, 5.74) is 0.724. The molecule has 114 valence electrons. The quantitative estimate of drug-likeness (QED) is 0.483. The molecule has 0 spiro atoms. The monoisotopic (exact) mass is 300 g/mol. The Bertz CT molecular complexity index is 692. The van der Waals surface area contributed by atoms with Crippen LogP contribution in [0.5, 0.6) is 17.2 Å². The SMILES string of the molecule is COc1ccc(C(=O)c2ccccc2)c(OC(C)=O)c1OC. The van der Waals surface area contributed by atoms with Gasteiger partial charge in [-0.15, -0.1) is 0 Å². The van der Waals surface area contributed by atoms with Crippen LogP contribution in [0.15, 0.2) is 42.5 Å². The minimum Gasteiger partial charge on any atom is -0.493 e. The summed E-state index contributed by atoms with van der Waals surface area (Å²) < 4.78 is 15.6. The van der Waals surface area contributed by atoms with Crippen LogP contribution in [0.2, 0.25) is 0 Å². The standard InChI is InChI=1S/C17H16O5/c1-11(18)22-16-13(9-10-14(20-2)17(16)21-3)15(19)12-7-5-4-6-8-12/h4-10H,1-3H3. The topological polar surface area (TPSA) is 61.8 Å². The van der Waals surface area contributed by atoms with Gasteiger partial charge in [0.25, 0.3) is 0 Å². The first-order valence-electron chi connectivity index (χ1n) is 6.61. The van der Waals surface area contributed by atoms with E-state index in [1.807, 2.05) is 6.07 Å². The van der Waals surface area contributed by atoms with Crippen molar-refractivity contribution in [3.63, 3.8) is 0 Å². The third-order valence-electron chi connectivity index (χ3n) is 3.03. The molecule has 0 N–H and O–H groups in total. The van der Waals surface area contributed by atoms with Crippen LogP contribution in [0.25, 0.3) is 0 Å². The van der Waals surface area contributed by atoms with E-state index in [0.717, 1.165) is 0 Å². The molecule has 0 fully saturated rings. The normalized spacial score (nSPS) is 9.95. The fourth-order valence-electron chi connectivity index (χ4n) is 2.07. The lowest BCUT2D eigenvalue weighted by Gasteiger charge is -2.15. The molecule has 0 aliphatic heterocycles. The van der Waals surface area contributed by atoms with Crippen LogP contribution >= 0.6 is 0 Å². The largest absolute Gasteiger partial charge is 0.493 e. The van der Waals surface area contributed by atoms with Crippen molar-refractivity contribution in [2.75, 3.05) is 14.2 Å². The minimum atomic E-state index is -0.548. The van der Waals surface area contributed by atoms with E-state index in [4.69, 9.17) is 14.2 Å². The highest BCUT2D eigenvalue weighted by molar-refractivity contribution is 6.11. The van der Waals surface area contributed by atoms with Crippen molar-refractivity contribution in [1.82, 2.24) is 0 Å². The van der Waals surface area contributed by atoms with Crippen LogP contribution < -0.4 is 14.2 Å². The molecule has 2 aromatic carbocycles. The Hall–Kier alpha value is -2.82. The van der Waals surface area contributed by atoms with Crippen molar-refractivity contribution in [2.24, 2.45) is 0 Å². The number of carbonyl (C=O) groups excluding carboxylic acids is 2. The molecule has 0 aromatic heterocycles. The summed E-state index contributed by atoms with van der Waals surface area (Å²) in [6.45, 7) is 1.26. The molecule has 0 amide bonds. The summed E-state index contributed by atoms with van der Waals surface area (Å²) in [7, 11) is 2.88. The van der Waals surface area contributed by atoms with Crippen molar-refractivity contribution < 1.29 is 23.8 Å². The van der Waals surface area contributed by atoms with Gasteiger partial charge in [-0.3, -0.25) is 9.59 Å². The average molecular weight is 300 g/mol. The van der Waals surface area contributed by atoms with E-state index >= 15 is 0 Å². The van der Waals surface area contributed by atoms with Gasteiger partial charge in [0, 0.05) is 12.5 Å². The summed E-state index contributed by atoms with van der Waals surface area (Å²) >= 11 is 0. The third kappa shape index (κ3) is 3.09. The summed E-state index contributed by atoms with van der Waals surface area (Å²) in [6, 6.07) is 11.9. The molecule has 2 aromatic rings. The number of benzene rings is 2. The molecule has 0 unspecified atom stereocenters. The Morgan fingerprint density at radius 3 is 2.09 bits per heavy atom. The minimum absolute atomic E-state index is 0.0585. The molecule has 22 heavy (non-hydrogen) atoms. The summed E-state index contributed by atoms with van der Waals surface area (Å²) in [5, 5.41) is 0. The van der Waals surface area contributed by atoms with Gasteiger partial charge < -0.3 is 14.2 Å². The zero-order chi connectivity index (χ0) is 16.1. The van der Waals surface area contributed by atoms with E-state index in [0.29, 0.717) is 11.3 Å². The molecule has 5 nitrogen and oxygen atoms in total. The first-order chi connectivity index (χ1) is 10.6. The fraction of sp³-hybridized carbons (Fsp3) is 0.176. The van der Waals surface area contributed by atoms with Gasteiger partial charge in [0.2, 0.25) is 5.75 Å². The molecule has 0 saturated heterocycles. The Labute approximate surface area is 128 Å². The predicted molar refractivity (Wildman–Crippen MR) is 80.7 cm³/mol. The van der Waals surface area contributed by atoms with Crippen LogP contribution in [0.1, 0.15) is 22.8 Å². The maximum absolute atomic E-state index is 12.6. The summed E-state index contributed by atoms with van der Waals surface area (Å²) in [4.78, 5) is 24.0. The second-order valence-electron chi connectivity index (χ2n) is 4.47. The number of hydrogen-bond acceptors (Lipinski definition) is 5. The van der Waals surface area contributed by atoms with Gasteiger partial charge >= 0.3 is 5.97 Å². The number of ether oxygens (including phenoxy) is 3. The summed E-state index contributed by atoms with van der Waals surface area (Å²) in [6.07, 6.45) is 0. The van der Waals surface area contributed by atoms with Gasteiger partial charge in [0.05, 0.1) is 19.8 Å². The molecule has 5 heteroatoms. The Balaban J connectivity index is 2.59. The lowest BCUT2D eigenvalue weighted by atomic mass is 10.0. The Kier molecular flexibility index (Phi) is 4.78. The van der Waals surface area contributed by atoms with Crippen LogP contribution in [0.3, 0.4) is 0 Å². The molecule has 0 aliphatic rings. The molecule has 2 rings (SSSR count). The Morgan fingerprint density at radius 2 is 1.55 bits per heavy atom. The van der Waals surface area contributed by atoms with E-state index in [1.54, 1.807) is 36.4 Å². The van der Waals surface area contributed by atoms with E-state index in [2.05, 4.69) is 0 Å². The summed E-state index contributed by atoms with van der Waals surface area (Å²) in [5.74, 6) is -0.169. The third-order valence-corrected chi connectivity index (χ3v) is 3.03. The highest BCUT2D eigenvalue weighted by Crippen LogP contribution is 2.40. The smallest absolute Gasteiger partial charge is 0.308 e. The van der Waals surface area contributed by atoms with Gasteiger partial charge in [-0.2, -0.15) is 0 Å². The Morgan fingerprint density at radius 1 is 0.864 bits per heavy atom. The van der Waals surface area contributed by atoms with Crippen LogP contribution in [0, 0.1) is 0 Å².